The Morgan fingerprint density at radius 1 is 0.739 bits per heavy atom. The molecule has 0 atom stereocenters. The van der Waals surface area contributed by atoms with Crippen LogP contribution in [0.25, 0.3) is 0 Å². The molecular formula is C21H38NO+. The van der Waals surface area contributed by atoms with E-state index in [1.165, 1.54) is 82.6 Å². The fraction of sp³-hybridized carbons (Fsp3) is 0.762. The Morgan fingerprint density at radius 3 is 1.78 bits per heavy atom. The molecule has 0 amide bonds. The molecule has 0 radical (unpaired) electrons. The van der Waals surface area contributed by atoms with Crippen LogP contribution in [0.4, 0.5) is 0 Å². The monoisotopic (exact) mass is 320 g/mol. The van der Waals surface area contributed by atoms with Gasteiger partial charge in [-0.05, 0) is 31.2 Å². The average molecular weight is 321 g/mol. The molecule has 2 nitrogen and oxygen atoms in total. The first-order chi connectivity index (χ1) is 11.4. The number of pyridine rings is 1. The zero-order chi connectivity index (χ0) is 16.6. The quantitative estimate of drug-likeness (QED) is 0.348. The van der Waals surface area contributed by atoms with Crippen molar-refractivity contribution >= 4 is 0 Å². The van der Waals surface area contributed by atoms with Crippen LogP contribution in [0.5, 0.6) is 0 Å². The summed E-state index contributed by atoms with van der Waals surface area (Å²) in [4.78, 5) is 0. The molecule has 0 aliphatic carbocycles. The fourth-order valence-electron chi connectivity index (χ4n) is 3.01. The molecule has 1 N–H and O–H groups in total. The number of aromatic nitrogens is 1. The van der Waals surface area contributed by atoms with Crippen molar-refractivity contribution in [3.05, 3.63) is 30.1 Å². The van der Waals surface area contributed by atoms with Crippen molar-refractivity contribution in [1.82, 2.24) is 0 Å². The second-order valence-electron chi connectivity index (χ2n) is 6.81. The Morgan fingerprint density at radius 2 is 1.26 bits per heavy atom. The summed E-state index contributed by atoms with van der Waals surface area (Å²) in [6.07, 6.45) is 21.3. The Kier molecular flexibility index (Phi) is 12.9. The van der Waals surface area contributed by atoms with Crippen LogP contribution in [-0.2, 0) is 13.0 Å². The number of nitrogens with zero attached hydrogens (tertiary/aromatic N) is 1. The molecule has 0 aliphatic heterocycles. The SMILES string of the molecule is CCCCc1cc[n+](CCCCCCCCCCCCO)cc1. The molecule has 0 saturated carbocycles. The van der Waals surface area contributed by atoms with Gasteiger partial charge in [0.1, 0.15) is 6.54 Å². The average Bonchev–Trinajstić information content (AvgIpc) is 2.59. The smallest absolute Gasteiger partial charge is 0.169 e. The van der Waals surface area contributed by atoms with E-state index in [1.807, 2.05) is 0 Å². The predicted octanol–water partition coefficient (Wildman–Crippen LogP) is 5.21. The Hall–Kier alpha value is -0.890. The number of aliphatic hydroxyl groups excluding tert-OH is 1. The van der Waals surface area contributed by atoms with Crippen molar-refractivity contribution in [3.63, 3.8) is 0 Å². The minimum Gasteiger partial charge on any atom is -0.396 e. The largest absolute Gasteiger partial charge is 0.396 e. The van der Waals surface area contributed by atoms with Crippen LogP contribution in [0.15, 0.2) is 24.5 Å². The molecule has 1 rings (SSSR count). The van der Waals surface area contributed by atoms with Crippen LogP contribution in [0, 0.1) is 0 Å². The lowest BCUT2D eigenvalue weighted by Crippen LogP contribution is -2.32. The summed E-state index contributed by atoms with van der Waals surface area (Å²) in [5.41, 5.74) is 1.47. The topological polar surface area (TPSA) is 24.1 Å². The van der Waals surface area contributed by atoms with Crippen LogP contribution in [0.2, 0.25) is 0 Å². The zero-order valence-corrected chi connectivity index (χ0v) is 15.3. The maximum absolute atomic E-state index is 8.72. The third kappa shape index (κ3) is 11.3. The second-order valence-corrected chi connectivity index (χ2v) is 6.81. The molecular weight excluding hydrogens is 282 g/mol. The van der Waals surface area contributed by atoms with Gasteiger partial charge in [-0.15, -0.1) is 0 Å². The number of aryl methyl sites for hydroxylation is 2. The van der Waals surface area contributed by atoms with Gasteiger partial charge in [0.2, 0.25) is 0 Å². The van der Waals surface area contributed by atoms with Gasteiger partial charge < -0.3 is 5.11 Å². The molecule has 0 bridgehead atoms. The third-order valence-corrected chi connectivity index (χ3v) is 4.60. The summed E-state index contributed by atoms with van der Waals surface area (Å²) in [6.45, 7) is 3.77. The Labute approximate surface area is 143 Å². The lowest BCUT2D eigenvalue weighted by molar-refractivity contribution is -0.697. The summed E-state index contributed by atoms with van der Waals surface area (Å²) in [6, 6.07) is 4.57. The third-order valence-electron chi connectivity index (χ3n) is 4.60. The molecule has 0 unspecified atom stereocenters. The standard InChI is InChI=1S/C21H38NO/c1-2-3-14-21-15-18-22(19-16-21)17-12-10-8-6-4-5-7-9-11-13-20-23/h15-16,18-19,23H,2-14,17,20H2,1H3/q+1. The zero-order valence-electron chi connectivity index (χ0n) is 15.3. The lowest BCUT2D eigenvalue weighted by Gasteiger charge is -2.02. The summed E-state index contributed by atoms with van der Waals surface area (Å²) >= 11 is 0. The molecule has 0 aromatic carbocycles. The van der Waals surface area contributed by atoms with Crippen molar-refractivity contribution in [1.29, 1.82) is 0 Å². The van der Waals surface area contributed by atoms with Gasteiger partial charge in [0.15, 0.2) is 12.4 Å². The van der Waals surface area contributed by atoms with Crippen LogP contribution < -0.4 is 4.57 Å². The highest BCUT2D eigenvalue weighted by Crippen LogP contribution is 2.10. The van der Waals surface area contributed by atoms with E-state index in [0.717, 1.165) is 13.0 Å². The lowest BCUT2D eigenvalue weighted by atomic mass is 10.1. The number of rotatable bonds is 15. The van der Waals surface area contributed by atoms with Gasteiger partial charge in [0, 0.05) is 25.2 Å². The van der Waals surface area contributed by atoms with E-state index in [4.69, 9.17) is 5.11 Å². The van der Waals surface area contributed by atoms with Gasteiger partial charge in [0.05, 0.1) is 0 Å². The number of aliphatic hydroxyl groups is 1. The fourth-order valence-corrected chi connectivity index (χ4v) is 3.01. The minimum absolute atomic E-state index is 0.361. The molecule has 0 spiro atoms. The first-order valence-corrected chi connectivity index (χ1v) is 9.95. The van der Waals surface area contributed by atoms with Crippen molar-refractivity contribution in [2.24, 2.45) is 0 Å². The first-order valence-electron chi connectivity index (χ1n) is 9.95. The molecule has 2 heteroatoms. The van der Waals surface area contributed by atoms with Gasteiger partial charge in [-0.3, -0.25) is 0 Å². The van der Waals surface area contributed by atoms with Crippen molar-refractivity contribution < 1.29 is 9.67 Å². The van der Waals surface area contributed by atoms with E-state index >= 15 is 0 Å². The number of unbranched alkanes of at least 4 members (excludes halogenated alkanes) is 10. The molecule has 1 heterocycles. The maximum Gasteiger partial charge on any atom is 0.169 e. The van der Waals surface area contributed by atoms with Gasteiger partial charge in [-0.2, -0.15) is 0 Å². The van der Waals surface area contributed by atoms with E-state index in [9.17, 15) is 0 Å². The van der Waals surface area contributed by atoms with E-state index in [-0.39, 0.29) is 0 Å². The number of hydrogen-bond acceptors (Lipinski definition) is 1. The van der Waals surface area contributed by atoms with Gasteiger partial charge >= 0.3 is 0 Å². The maximum atomic E-state index is 8.72. The minimum atomic E-state index is 0.361. The van der Waals surface area contributed by atoms with Crippen LogP contribution in [0.3, 0.4) is 0 Å². The normalized spacial score (nSPS) is 11.0. The van der Waals surface area contributed by atoms with Crippen molar-refractivity contribution in [3.8, 4) is 0 Å². The predicted molar refractivity (Wildman–Crippen MR) is 98.5 cm³/mol. The van der Waals surface area contributed by atoms with Gasteiger partial charge in [-0.1, -0.05) is 58.3 Å². The van der Waals surface area contributed by atoms with E-state index in [1.54, 1.807) is 0 Å². The second kappa shape index (κ2) is 14.7. The summed E-state index contributed by atoms with van der Waals surface area (Å²) in [5.74, 6) is 0. The highest BCUT2D eigenvalue weighted by molar-refractivity contribution is 5.06. The first kappa shape index (κ1) is 20.2. The molecule has 132 valence electrons. The summed E-state index contributed by atoms with van der Waals surface area (Å²) < 4.78 is 2.33. The highest BCUT2D eigenvalue weighted by atomic mass is 16.2. The Balaban J connectivity index is 1.92. The molecule has 0 fully saturated rings. The van der Waals surface area contributed by atoms with E-state index in [0.29, 0.717) is 6.61 Å². The van der Waals surface area contributed by atoms with Crippen molar-refractivity contribution in [2.75, 3.05) is 6.61 Å². The molecule has 0 aliphatic rings. The number of hydrogen-bond donors (Lipinski definition) is 1. The molecule has 0 saturated heterocycles. The molecule has 1 aromatic heterocycles. The highest BCUT2D eigenvalue weighted by Gasteiger charge is 2.01. The molecule has 1 aromatic rings. The van der Waals surface area contributed by atoms with Crippen LogP contribution in [-0.4, -0.2) is 11.7 Å². The van der Waals surface area contributed by atoms with Gasteiger partial charge in [-0.25, -0.2) is 4.57 Å². The van der Waals surface area contributed by atoms with Crippen LogP contribution >= 0.6 is 0 Å². The van der Waals surface area contributed by atoms with E-state index in [2.05, 4.69) is 36.0 Å². The molecule has 23 heavy (non-hydrogen) atoms. The van der Waals surface area contributed by atoms with E-state index < -0.39 is 0 Å². The van der Waals surface area contributed by atoms with Crippen LogP contribution in [0.1, 0.15) is 89.5 Å². The Bertz CT molecular complexity index is 361. The summed E-state index contributed by atoms with van der Waals surface area (Å²) in [7, 11) is 0. The van der Waals surface area contributed by atoms with Gasteiger partial charge in [0.25, 0.3) is 0 Å². The van der Waals surface area contributed by atoms with Crippen molar-refractivity contribution in [2.45, 2.75) is 96.9 Å². The summed E-state index contributed by atoms with van der Waals surface area (Å²) in [5, 5.41) is 8.72.